The molecular formula is C63H81ClN6O13S3. The van der Waals surface area contributed by atoms with Crippen molar-refractivity contribution in [3.8, 4) is 0 Å². The van der Waals surface area contributed by atoms with Crippen LogP contribution >= 0.6 is 11.6 Å². The van der Waals surface area contributed by atoms with E-state index in [-0.39, 0.29) is 73.8 Å². The van der Waals surface area contributed by atoms with Crippen LogP contribution in [0.25, 0.3) is 0 Å². The lowest BCUT2D eigenvalue weighted by atomic mass is 10.2. The van der Waals surface area contributed by atoms with Gasteiger partial charge in [-0.1, -0.05) is 197 Å². The number of hydrogen-bond donors (Lipinski definition) is 6. The number of para-hydroxylation sites is 1. The third-order valence-electron chi connectivity index (χ3n) is 11.0. The summed E-state index contributed by atoms with van der Waals surface area (Å²) in [6.45, 7) is 23.3. The van der Waals surface area contributed by atoms with Gasteiger partial charge in [-0.2, -0.15) is 0 Å². The van der Waals surface area contributed by atoms with Crippen LogP contribution in [0.2, 0.25) is 5.02 Å². The van der Waals surface area contributed by atoms with Crippen LogP contribution in [0.1, 0.15) is 105 Å². The fourth-order valence-corrected chi connectivity index (χ4v) is 9.06. The van der Waals surface area contributed by atoms with Crippen LogP contribution in [-0.4, -0.2) is 66.6 Å². The molecule has 0 aromatic heterocycles. The Labute approximate surface area is 513 Å². The second kappa shape index (κ2) is 38.1. The van der Waals surface area contributed by atoms with Crippen molar-refractivity contribution in [2.24, 2.45) is 35.5 Å². The number of sulfonamides is 3. The summed E-state index contributed by atoms with van der Waals surface area (Å²) in [6, 6.07) is 47.8. The number of rotatable bonds is 16. The van der Waals surface area contributed by atoms with E-state index in [4.69, 9.17) is 11.6 Å². The summed E-state index contributed by atoms with van der Waals surface area (Å²) >= 11 is 5.64. The zero-order valence-electron chi connectivity index (χ0n) is 50.7. The molecular weight excluding hydrogens is 1180 g/mol. The maximum Gasteiger partial charge on any atom is 0.264 e. The highest BCUT2D eigenvalue weighted by Crippen LogP contribution is 2.15. The molecule has 23 heteroatoms. The predicted molar refractivity (Wildman–Crippen MR) is 336 cm³/mol. The van der Waals surface area contributed by atoms with E-state index in [1.54, 1.807) is 110 Å². The highest BCUT2D eigenvalue weighted by Gasteiger charge is 2.21. The third-order valence-corrected chi connectivity index (χ3v) is 15.3. The van der Waals surface area contributed by atoms with Crippen molar-refractivity contribution in [3.63, 3.8) is 0 Å². The fraction of sp³-hybridized carbons (Fsp3) is 0.317. The lowest BCUT2D eigenvalue weighted by molar-refractivity contribution is -0.124. The van der Waals surface area contributed by atoms with Gasteiger partial charge in [0, 0.05) is 58.3 Å². The van der Waals surface area contributed by atoms with E-state index in [9.17, 15) is 58.8 Å². The highest BCUT2D eigenvalue weighted by molar-refractivity contribution is 7.90. The monoisotopic (exact) mass is 1260 g/mol. The van der Waals surface area contributed by atoms with E-state index in [1.807, 2.05) is 116 Å². The Kier molecular flexibility index (Phi) is 33.6. The molecule has 0 saturated carbocycles. The van der Waals surface area contributed by atoms with Gasteiger partial charge in [0.25, 0.3) is 36.0 Å². The zero-order chi connectivity index (χ0) is 65.4. The Bertz CT molecular complexity index is 3330. The Morgan fingerprint density at radius 2 is 0.686 bits per heavy atom. The Hall–Kier alpha value is -8.05. The number of anilines is 1. The molecule has 6 rings (SSSR count). The molecule has 19 nitrogen and oxygen atoms in total. The van der Waals surface area contributed by atoms with Crippen LogP contribution in [0.15, 0.2) is 185 Å². The van der Waals surface area contributed by atoms with Gasteiger partial charge in [0.1, 0.15) is 0 Å². The van der Waals surface area contributed by atoms with E-state index >= 15 is 0 Å². The standard InChI is InChI=1S/C11H15NO3S.C11H13NO2.C11H15NO.C10H12ClNO3S.C10H13NO3S.C10H13NO/c1-8(2)11(13)12-16(14,15)10-6-4-9(3)5-7-10;1-8(2)10(13)12-11(14)9-6-4-3-5-7-9;1-9(2)11(13)12-8-10-6-4-3-5-7-10;1-7(2)10(13)12-16(14,15)9-5-3-8(11)4-6-9;1-8(2)10(12)11-15(13,14)9-6-4-3-5-7-9;1-8(2)10(12)11-9-6-4-3-5-7-9/h4-8H,1-3H3,(H,12,13);3-8H,1-2H3,(H,12,13,14);3-7,9H,8H2,1-2H3,(H,12,13);3-7H,1-2H3,(H,12,13);3-8H,1-2H3,(H,11,12);3-8H,1-2H3,(H,11,12). The summed E-state index contributed by atoms with van der Waals surface area (Å²) in [5.41, 5.74) is 3.46. The molecule has 0 atom stereocenters. The molecule has 0 aliphatic carbocycles. The molecule has 0 fully saturated rings. The minimum absolute atomic E-state index is 0.0194. The number of benzene rings is 6. The van der Waals surface area contributed by atoms with Gasteiger partial charge in [-0.15, -0.1) is 0 Å². The molecule has 0 spiro atoms. The Balaban J connectivity index is 0.000000517. The van der Waals surface area contributed by atoms with E-state index in [0.29, 0.717) is 17.1 Å². The van der Waals surface area contributed by atoms with Crippen molar-refractivity contribution in [1.29, 1.82) is 0 Å². The van der Waals surface area contributed by atoms with Crippen LogP contribution in [0.4, 0.5) is 5.69 Å². The SMILES string of the molecule is CC(C)C(=O)NC(=O)c1ccccc1.CC(C)C(=O)NCc1ccccc1.CC(C)C(=O)NS(=O)(=O)c1ccc(Cl)cc1.CC(C)C(=O)NS(=O)(=O)c1ccccc1.CC(C)C(=O)Nc1ccccc1.Cc1ccc(S(=O)(=O)NC(=O)C(C)C)cc1. The molecule has 466 valence electrons. The first kappa shape index (κ1) is 76.0. The minimum atomic E-state index is -3.78. The van der Waals surface area contributed by atoms with Crippen molar-refractivity contribution >= 4 is 88.7 Å². The first-order valence-electron chi connectivity index (χ1n) is 27.2. The van der Waals surface area contributed by atoms with Crippen LogP contribution < -0.4 is 30.1 Å². The van der Waals surface area contributed by atoms with Crippen molar-refractivity contribution < 1.29 is 58.8 Å². The largest absolute Gasteiger partial charge is 0.352 e. The summed E-state index contributed by atoms with van der Waals surface area (Å²) in [6.07, 6.45) is 0. The number of nitrogens with one attached hydrogen (secondary N) is 6. The maximum absolute atomic E-state index is 11.7. The number of imide groups is 1. The van der Waals surface area contributed by atoms with Crippen LogP contribution in [0.5, 0.6) is 0 Å². The van der Waals surface area contributed by atoms with Gasteiger partial charge in [-0.05, 0) is 85.3 Å². The fourth-order valence-electron chi connectivity index (χ4n) is 5.57. The predicted octanol–water partition coefficient (Wildman–Crippen LogP) is 10.2. The number of carbonyl (C=O) groups excluding carboxylic acids is 7. The van der Waals surface area contributed by atoms with E-state index < -0.39 is 47.8 Å². The van der Waals surface area contributed by atoms with Gasteiger partial charge in [-0.3, -0.25) is 38.9 Å². The first-order valence-corrected chi connectivity index (χ1v) is 32.1. The topological polar surface area (TPSA) is 294 Å². The minimum Gasteiger partial charge on any atom is -0.352 e. The van der Waals surface area contributed by atoms with Crippen molar-refractivity contribution in [1.82, 2.24) is 24.8 Å². The average molecular weight is 1260 g/mol. The molecule has 0 bridgehead atoms. The highest BCUT2D eigenvalue weighted by atomic mass is 35.5. The molecule has 7 amide bonds. The molecule has 6 aromatic carbocycles. The molecule has 6 N–H and O–H groups in total. The smallest absolute Gasteiger partial charge is 0.264 e. The summed E-state index contributed by atoms with van der Waals surface area (Å²) in [5.74, 6) is -3.16. The van der Waals surface area contributed by atoms with Gasteiger partial charge in [-0.25, -0.2) is 39.4 Å². The second-order valence-electron chi connectivity index (χ2n) is 20.7. The molecule has 0 radical (unpaired) electrons. The molecule has 0 heterocycles. The Morgan fingerprint density at radius 1 is 0.372 bits per heavy atom. The second-order valence-corrected chi connectivity index (χ2v) is 26.1. The van der Waals surface area contributed by atoms with Crippen LogP contribution in [0.3, 0.4) is 0 Å². The van der Waals surface area contributed by atoms with E-state index in [1.165, 1.54) is 48.5 Å². The van der Waals surface area contributed by atoms with Gasteiger partial charge in [0.15, 0.2) is 0 Å². The van der Waals surface area contributed by atoms with Crippen LogP contribution in [0, 0.1) is 42.4 Å². The lowest BCUT2D eigenvalue weighted by Crippen LogP contribution is -2.33. The summed E-state index contributed by atoms with van der Waals surface area (Å²) in [5, 5.41) is 8.42. The van der Waals surface area contributed by atoms with Gasteiger partial charge in [0.2, 0.25) is 35.4 Å². The van der Waals surface area contributed by atoms with Gasteiger partial charge >= 0.3 is 0 Å². The molecule has 0 unspecified atom stereocenters. The average Bonchev–Trinajstić information content (AvgIpc) is 3.25. The quantitative estimate of drug-likeness (QED) is 0.0526. The summed E-state index contributed by atoms with van der Waals surface area (Å²) in [4.78, 5) is 79.1. The normalized spacial score (nSPS) is 10.8. The summed E-state index contributed by atoms with van der Waals surface area (Å²) < 4.78 is 76.1. The number of carbonyl (C=O) groups is 7. The van der Waals surface area contributed by atoms with E-state index in [0.717, 1.165) is 16.8 Å². The van der Waals surface area contributed by atoms with Gasteiger partial charge in [0.05, 0.1) is 14.7 Å². The number of hydrogen-bond acceptors (Lipinski definition) is 13. The number of amides is 7. The van der Waals surface area contributed by atoms with E-state index in [2.05, 4.69) is 16.0 Å². The molecule has 0 aliphatic heterocycles. The van der Waals surface area contributed by atoms with Crippen molar-refractivity contribution in [3.05, 3.63) is 192 Å². The maximum atomic E-state index is 11.7. The zero-order valence-corrected chi connectivity index (χ0v) is 54.0. The van der Waals surface area contributed by atoms with Crippen LogP contribution in [-0.2, 0) is 65.4 Å². The molecule has 0 saturated heterocycles. The molecule has 6 aromatic rings. The first-order chi connectivity index (χ1) is 40.1. The number of halogens is 1. The summed E-state index contributed by atoms with van der Waals surface area (Å²) in [7, 11) is -11.2. The molecule has 0 aliphatic rings. The Morgan fingerprint density at radius 3 is 1.05 bits per heavy atom. The van der Waals surface area contributed by atoms with Crippen molar-refractivity contribution in [2.75, 3.05) is 5.32 Å². The lowest BCUT2D eigenvalue weighted by Gasteiger charge is -2.08. The van der Waals surface area contributed by atoms with Crippen molar-refractivity contribution in [2.45, 2.75) is 111 Å². The third kappa shape index (κ3) is 30.7. The van der Waals surface area contributed by atoms with Gasteiger partial charge < -0.3 is 10.6 Å². The molecule has 86 heavy (non-hydrogen) atoms. The number of aryl methyl sites for hydroxylation is 1.